The molecule has 0 atom stereocenters. The average Bonchev–Trinajstić information content (AvgIpc) is 3.19. The monoisotopic (exact) mass is 376 g/mol. The number of hydrogen-bond donors (Lipinski definition) is 1. The summed E-state index contributed by atoms with van der Waals surface area (Å²) < 4.78 is 6.12. The van der Waals surface area contributed by atoms with E-state index in [0.717, 1.165) is 11.1 Å². The molecule has 2 aromatic carbocycles. The van der Waals surface area contributed by atoms with E-state index in [1.165, 1.54) is 30.1 Å². The maximum absolute atomic E-state index is 13.4. The number of ketones is 1. The molecule has 3 aromatic rings. The van der Waals surface area contributed by atoms with Gasteiger partial charge < -0.3 is 10.5 Å². The standard InChI is InChI=1S/C21H20N4O3/c1-13-10-14(2)12-16(11-13)21(27)19-15(5-7-18(26)28-3)4-6-17(20(19)22)25-9-8-23-24-25/h4-12H,22H2,1-3H3. The van der Waals surface area contributed by atoms with Crippen LogP contribution < -0.4 is 5.73 Å². The normalized spacial score (nSPS) is 11.0. The fourth-order valence-electron chi connectivity index (χ4n) is 3.03. The molecular weight excluding hydrogens is 356 g/mol. The second-order valence-electron chi connectivity index (χ2n) is 6.37. The van der Waals surface area contributed by atoms with Crippen LogP contribution in [0.5, 0.6) is 0 Å². The van der Waals surface area contributed by atoms with E-state index in [4.69, 9.17) is 5.73 Å². The lowest BCUT2D eigenvalue weighted by atomic mass is 9.93. The van der Waals surface area contributed by atoms with Crippen LogP contribution in [-0.4, -0.2) is 33.9 Å². The van der Waals surface area contributed by atoms with Crippen molar-refractivity contribution in [2.75, 3.05) is 12.8 Å². The lowest BCUT2D eigenvalue weighted by Gasteiger charge is -2.14. The van der Waals surface area contributed by atoms with Crippen molar-refractivity contribution in [1.29, 1.82) is 0 Å². The molecule has 0 fully saturated rings. The van der Waals surface area contributed by atoms with Gasteiger partial charge in [0, 0.05) is 11.6 Å². The van der Waals surface area contributed by atoms with Crippen molar-refractivity contribution < 1.29 is 14.3 Å². The maximum Gasteiger partial charge on any atom is 0.330 e. The Labute approximate surface area is 162 Å². The highest BCUT2D eigenvalue weighted by atomic mass is 16.5. The van der Waals surface area contributed by atoms with Gasteiger partial charge in [-0.1, -0.05) is 28.5 Å². The first-order valence-electron chi connectivity index (χ1n) is 8.59. The zero-order chi connectivity index (χ0) is 20.3. The number of carbonyl (C=O) groups excluding carboxylic acids is 2. The second kappa shape index (κ2) is 7.87. The van der Waals surface area contributed by atoms with E-state index in [0.29, 0.717) is 16.8 Å². The molecule has 7 nitrogen and oxygen atoms in total. The minimum absolute atomic E-state index is 0.240. The van der Waals surface area contributed by atoms with Crippen LogP contribution in [0.15, 0.2) is 48.8 Å². The molecule has 0 bridgehead atoms. The van der Waals surface area contributed by atoms with Crippen molar-refractivity contribution in [3.05, 3.63) is 76.6 Å². The van der Waals surface area contributed by atoms with Gasteiger partial charge in [-0.25, -0.2) is 9.48 Å². The summed E-state index contributed by atoms with van der Waals surface area (Å²) in [4.78, 5) is 24.9. The number of nitrogens with zero attached hydrogens (tertiary/aromatic N) is 3. The van der Waals surface area contributed by atoms with Gasteiger partial charge in [-0.2, -0.15) is 0 Å². The van der Waals surface area contributed by atoms with Crippen LogP contribution in [0.1, 0.15) is 32.6 Å². The van der Waals surface area contributed by atoms with Crippen molar-refractivity contribution >= 4 is 23.5 Å². The van der Waals surface area contributed by atoms with Crippen LogP contribution in [0, 0.1) is 13.8 Å². The smallest absolute Gasteiger partial charge is 0.330 e. The Hall–Kier alpha value is -3.74. The highest BCUT2D eigenvalue weighted by Crippen LogP contribution is 2.29. The van der Waals surface area contributed by atoms with Gasteiger partial charge in [0.25, 0.3) is 0 Å². The van der Waals surface area contributed by atoms with Gasteiger partial charge in [-0.15, -0.1) is 5.10 Å². The molecule has 0 aliphatic heterocycles. The Morgan fingerprint density at radius 2 is 1.86 bits per heavy atom. The minimum atomic E-state index is -0.524. The number of methoxy groups -OCH3 is 1. The fraction of sp³-hybridized carbons (Fsp3) is 0.143. The summed E-state index contributed by atoms with van der Waals surface area (Å²) >= 11 is 0. The van der Waals surface area contributed by atoms with E-state index in [1.54, 1.807) is 18.3 Å². The highest BCUT2D eigenvalue weighted by Gasteiger charge is 2.20. The van der Waals surface area contributed by atoms with Crippen molar-refractivity contribution in [3.63, 3.8) is 0 Å². The number of carbonyl (C=O) groups is 2. The number of esters is 1. The summed E-state index contributed by atoms with van der Waals surface area (Å²) in [5.41, 5.74) is 10.4. The van der Waals surface area contributed by atoms with Crippen LogP contribution >= 0.6 is 0 Å². The van der Waals surface area contributed by atoms with Crippen molar-refractivity contribution in [2.45, 2.75) is 13.8 Å². The fourth-order valence-corrected chi connectivity index (χ4v) is 3.03. The summed E-state index contributed by atoms with van der Waals surface area (Å²) in [6, 6.07) is 9.04. The Morgan fingerprint density at radius 3 is 2.46 bits per heavy atom. The number of aromatic nitrogens is 3. The molecule has 0 saturated carbocycles. The number of ether oxygens (including phenoxy) is 1. The van der Waals surface area contributed by atoms with Crippen molar-refractivity contribution in [1.82, 2.24) is 15.0 Å². The molecule has 0 saturated heterocycles. The third kappa shape index (κ3) is 3.83. The summed E-state index contributed by atoms with van der Waals surface area (Å²) in [7, 11) is 1.29. The molecule has 0 aliphatic carbocycles. The number of aryl methyl sites for hydroxylation is 2. The largest absolute Gasteiger partial charge is 0.466 e. The third-order valence-corrected chi connectivity index (χ3v) is 4.24. The van der Waals surface area contributed by atoms with Crippen LogP contribution in [0.2, 0.25) is 0 Å². The van der Waals surface area contributed by atoms with Crippen LogP contribution in [0.25, 0.3) is 11.8 Å². The van der Waals surface area contributed by atoms with Gasteiger partial charge in [0.2, 0.25) is 0 Å². The molecule has 3 rings (SSSR count). The van der Waals surface area contributed by atoms with Gasteiger partial charge in [-0.05, 0) is 43.7 Å². The van der Waals surface area contributed by atoms with E-state index < -0.39 is 5.97 Å². The second-order valence-corrected chi connectivity index (χ2v) is 6.37. The molecule has 0 radical (unpaired) electrons. The zero-order valence-corrected chi connectivity index (χ0v) is 15.8. The summed E-state index contributed by atoms with van der Waals surface area (Å²) in [6.45, 7) is 3.86. The lowest BCUT2D eigenvalue weighted by molar-refractivity contribution is -0.134. The lowest BCUT2D eigenvalue weighted by Crippen LogP contribution is -2.12. The number of nitrogen functional groups attached to an aromatic ring is 1. The minimum Gasteiger partial charge on any atom is -0.466 e. The van der Waals surface area contributed by atoms with Gasteiger partial charge >= 0.3 is 5.97 Å². The van der Waals surface area contributed by atoms with Crippen LogP contribution in [0.3, 0.4) is 0 Å². The maximum atomic E-state index is 13.4. The number of benzene rings is 2. The Morgan fingerprint density at radius 1 is 1.14 bits per heavy atom. The Kier molecular flexibility index (Phi) is 5.35. The van der Waals surface area contributed by atoms with E-state index in [9.17, 15) is 9.59 Å². The van der Waals surface area contributed by atoms with Gasteiger partial charge in [0.15, 0.2) is 5.78 Å². The molecule has 28 heavy (non-hydrogen) atoms. The van der Waals surface area contributed by atoms with Crippen LogP contribution in [-0.2, 0) is 9.53 Å². The molecule has 1 aromatic heterocycles. The zero-order valence-electron chi connectivity index (χ0n) is 15.8. The predicted molar refractivity (Wildman–Crippen MR) is 106 cm³/mol. The van der Waals surface area contributed by atoms with Crippen molar-refractivity contribution in [3.8, 4) is 5.69 Å². The van der Waals surface area contributed by atoms with Crippen LogP contribution in [0.4, 0.5) is 5.69 Å². The SMILES string of the molecule is COC(=O)C=Cc1ccc(-n2ccnn2)c(N)c1C(=O)c1cc(C)cc(C)c1. The van der Waals surface area contributed by atoms with E-state index >= 15 is 0 Å². The summed E-state index contributed by atoms with van der Waals surface area (Å²) in [5, 5.41) is 7.74. The molecule has 0 unspecified atom stereocenters. The van der Waals surface area contributed by atoms with Gasteiger partial charge in [-0.3, -0.25) is 4.79 Å². The van der Waals surface area contributed by atoms with E-state index in [2.05, 4.69) is 15.0 Å². The molecular formula is C21H20N4O3. The van der Waals surface area contributed by atoms with E-state index in [-0.39, 0.29) is 17.0 Å². The first-order chi connectivity index (χ1) is 13.4. The quantitative estimate of drug-likeness (QED) is 0.318. The number of anilines is 1. The average molecular weight is 376 g/mol. The Bertz CT molecular complexity index is 1050. The molecule has 7 heteroatoms. The first-order valence-corrected chi connectivity index (χ1v) is 8.59. The number of hydrogen-bond acceptors (Lipinski definition) is 6. The van der Waals surface area contributed by atoms with Gasteiger partial charge in [0.1, 0.15) is 0 Å². The number of nitrogens with two attached hydrogens (primary N) is 1. The first kappa shape index (κ1) is 19.0. The van der Waals surface area contributed by atoms with E-state index in [1.807, 2.05) is 32.0 Å². The topological polar surface area (TPSA) is 100 Å². The summed E-state index contributed by atoms with van der Waals surface area (Å²) in [5.74, 6) is -0.764. The number of rotatable bonds is 5. The van der Waals surface area contributed by atoms with Crippen molar-refractivity contribution in [2.24, 2.45) is 0 Å². The molecule has 0 aliphatic rings. The molecule has 1 heterocycles. The molecule has 142 valence electrons. The summed E-state index contributed by atoms with van der Waals surface area (Å²) in [6.07, 6.45) is 5.93. The Balaban J connectivity index is 2.19. The van der Waals surface area contributed by atoms with Gasteiger partial charge in [0.05, 0.1) is 36.4 Å². The molecule has 2 N–H and O–H groups in total. The molecule has 0 amide bonds. The highest BCUT2D eigenvalue weighted by molar-refractivity contribution is 6.15. The third-order valence-electron chi connectivity index (χ3n) is 4.24. The molecule has 0 spiro atoms. The predicted octanol–water partition coefficient (Wildman–Crippen LogP) is 2.88.